The standard InChI is InChI=1S/C20H22N2O2/c1-3-4-8-19(23)22-13-16-11-15-6-5-7-17(20(15)24-16)18-10-9-14(2)12-21-18/h3,5-7,9-10,12,16H,1,4,8,11,13H2,2H3,(H,22,23)/t16-/m1/s1. The van der Waals surface area contributed by atoms with Gasteiger partial charge in [0.25, 0.3) is 0 Å². The first-order chi connectivity index (χ1) is 11.7. The van der Waals surface area contributed by atoms with E-state index in [4.69, 9.17) is 4.74 Å². The van der Waals surface area contributed by atoms with Crippen molar-refractivity contribution in [2.45, 2.75) is 32.3 Å². The van der Waals surface area contributed by atoms with E-state index in [0.717, 1.165) is 29.0 Å². The zero-order valence-corrected chi connectivity index (χ0v) is 13.9. The van der Waals surface area contributed by atoms with Crippen LogP contribution in [0.5, 0.6) is 5.75 Å². The van der Waals surface area contributed by atoms with E-state index in [2.05, 4.69) is 22.9 Å². The van der Waals surface area contributed by atoms with Crippen LogP contribution in [-0.2, 0) is 11.2 Å². The van der Waals surface area contributed by atoms with E-state index in [1.54, 1.807) is 6.08 Å². The molecule has 2 heterocycles. The molecule has 0 saturated carbocycles. The fraction of sp³-hybridized carbons (Fsp3) is 0.300. The molecular formula is C20H22N2O2. The third-order valence-corrected chi connectivity index (χ3v) is 4.12. The van der Waals surface area contributed by atoms with Gasteiger partial charge in [-0.3, -0.25) is 9.78 Å². The molecule has 1 aliphatic heterocycles. The molecule has 0 bridgehead atoms. The molecule has 0 aliphatic carbocycles. The van der Waals surface area contributed by atoms with Crippen LogP contribution in [0.1, 0.15) is 24.0 Å². The van der Waals surface area contributed by atoms with Gasteiger partial charge in [-0.05, 0) is 36.6 Å². The number of fused-ring (bicyclic) bond motifs is 1. The number of nitrogens with zero attached hydrogens (tertiary/aromatic N) is 1. The minimum Gasteiger partial charge on any atom is -0.487 e. The van der Waals surface area contributed by atoms with Gasteiger partial charge in [-0.1, -0.05) is 24.3 Å². The van der Waals surface area contributed by atoms with Crippen molar-refractivity contribution in [3.8, 4) is 17.0 Å². The van der Waals surface area contributed by atoms with Crippen LogP contribution in [0.4, 0.5) is 0 Å². The van der Waals surface area contributed by atoms with E-state index in [9.17, 15) is 4.79 Å². The molecule has 1 aliphatic rings. The maximum atomic E-state index is 11.7. The highest BCUT2D eigenvalue weighted by molar-refractivity contribution is 5.76. The van der Waals surface area contributed by atoms with E-state index >= 15 is 0 Å². The van der Waals surface area contributed by atoms with Crippen molar-refractivity contribution in [3.05, 3.63) is 60.3 Å². The molecule has 2 aromatic rings. The van der Waals surface area contributed by atoms with Gasteiger partial charge in [-0.2, -0.15) is 0 Å². The van der Waals surface area contributed by atoms with Gasteiger partial charge in [0, 0.05) is 24.6 Å². The van der Waals surface area contributed by atoms with Gasteiger partial charge < -0.3 is 10.1 Å². The molecular weight excluding hydrogens is 300 g/mol. The van der Waals surface area contributed by atoms with Crippen LogP contribution < -0.4 is 10.1 Å². The Labute approximate surface area is 142 Å². The van der Waals surface area contributed by atoms with E-state index in [1.165, 1.54) is 5.56 Å². The van der Waals surface area contributed by atoms with E-state index in [-0.39, 0.29) is 12.0 Å². The zero-order chi connectivity index (χ0) is 16.9. The first-order valence-electron chi connectivity index (χ1n) is 8.26. The van der Waals surface area contributed by atoms with Gasteiger partial charge in [0.2, 0.25) is 5.91 Å². The molecule has 1 atom stereocenters. The molecule has 0 saturated heterocycles. The number of hydrogen-bond donors (Lipinski definition) is 1. The number of amides is 1. The van der Waals surface area contributed by atoms with Crippen LogP contribution in [0.3, 0.4) is 0 Å². The van der Waals surface area contributed by atoms with E-state index in [1.807, 2.05) is 37.4 Å². The number of allylic oxidation sites excluding steroid dienone is 1. The highest BCUT2D eigenvalue weighted by atomic mass is 16.5. The summed E-state index contributed by atoms with van der Waals surface area (Å²) in [4.78, 5) is 16.2. The molecule has 1 aromatic heterocycles. The first kappa shape index (κ1) is 16.2. The number of para-hydroxylation sites is 1. The molecule has 4 nitrogen and oxygen atoms in total. The first-order valence-corrected chi connectivity index (χ1v) is 8.26. The Bertz CT molecular complexity index is 738. The fourth-order valence-corrected chi connectivity index (χ4v) is 2.83. The number of pyridine rings is 1. The largest absolute Gasteiger partial charge is 0.487 e. The van der Waals surface area contributed by atoms with Gasteiger partial charge in [0.05, 0.1) is 12.2 Å². The van der Waals surface area contributed by atoms with Crippen molar-refractivity contribution < 1.29 is 9.53 Å². The lowest BCUT2D eigenvalue weighted by atomic mass is 10.0. The van der Waals surface area contributed by atoms with Crippen molar-refractivity contribution in [1.29, 1.82) is 0 Å². The maximum absolute atomic E-state index is 11.7. The quantitative estimate of drug-likeness (QED) is 0.829. The van der Waals surface area contributed by atoms with Crippen LogP contribution in [-0.4, -0.2) is 23.5 Å². The summed E-state index contributed by atoms with van der Waals surface area (Å²) < 4.78 is 6.10. The summed E-state index contributed by atoms with van der Waals surface area (Å²) in [6, 6.07) is 10.2. The number of benzene rings is 1. The summed E-state index contributed by atoms with van der Waals surface area (Å²) in [6.45, 7) is 6.17. The molecule has 3 rings (SSSR count). The molecule has 1 amide bonds. The van der Waals surface area contributed by atoms with Crippen molar-refractivity contribution in [1.82, 2.24) is 10.3 Å². The lowest BCUT2D eigenvalue weighted by molar-refractivity contribution is -0.121. The molecule has 1 N–H and O–H groups in total. The second-order valence-electron chi connectivity index (χ2n) is 6.09. The van der Waals surface area contributed by atoms with E-state index < -0.39 is 0 Å². The normalized spacial score (nSPS) is 15.5. The van der Waals surface area contributed by atoms with E-state index in [0.29, 0.717) is 19.4 Å². The van der Waals surface area contributed by atoms with Gasteiger partial charge in [-0.25, -0.2) is 0 Å². The number of carbonyl (C=O) groups is 1. The van der Waals surface area contributed by atoms with Crippen LogP contribution in [0, 0.1) is 6.92 Å². The molecule has 1 aromatic carbocycles. The van der Waals surface area contributed by atoms with Crippen molar-refractivity contribution >= 4 is 5.91 Å². The van der Waals surface area contributed by atoms with Crippen LogP contribution >= 0.6 is 0 Å². The Morgan fingerprint density at radius 3 is 3.04 bits per heavy atom. The third-order valence-electron chi connectivity index (χ3n) is 4.12. The summed E-state index contributed by atoms with van der Waals surface area (Å²) >= 11 is 0. The van der Waals surface area contributed by atoms with Crippen molar-refractivity contribution in [2.75, 3.05) is 6.54 Å². The number of aromatic nitrogens is 1. The molecule has 0 radical (unpaired) electrons. The van der Waals surface area contributed by atoms with Crippen molar-refractivity contribution in [3.63, 3.8) is 0 Å². The Morgan fingerprint density at radius 2 is 2.29 bits per heavy atom. The van der Waals surface area contributed by atoms with Crippen LogP contribution in [0.25, 0.3) is 11.3 Å². The number of nitrogens with one attached hydrogen (secondary N) is 1. The topological polar surface area (TPSA) is 51.2 Å². The average molecular weight is 322 g/mol. The van der Waals surface area contributed by atoms with Crippen molar-refractivity contribution in [2.24, 2.45) is 0 Å². The lowest BCUT2D eigenvalue weighted by Gasteiger charge is -2.13. The highest BCUT2D eigenvalue weighted by Gasteiger charge is 2.26. The smallest absolute Gasteiger partial charge is 0.220 e. The van der Waals surface area contributed by atoms with Gasteiger partial charge in [0.1, 0.15) is 11.9 Å². The monoisotopic (exact) mass is 322 g/mol. The zero-order valence-electron chi connectivity index (χ0n) is 13.9. The molecule has 0 fully saturated rings. The Hall–Kier alpha value is -2.62. The van der Waals surface area contributed by atoms with Crippen LogP contribution in [0.2, 0.25) is 0 Å². The predicted molar refractivity (Wildman–Crippen MR) is 95.0 cm³/mol. The highest BCUT2D eigenvalue weighted by Crippen LogP contribution is 2.37. The second-order valence-corrected chi connectivity index (χ2v) is 6.09. The number of carbonyl (C=O) groups excluding carboxylic acids is 1. The summed E-state index contributed by atoms with van der Waals surface area (Å²) in [6.07, 6.45) is 5.56. The number of aryl methyl sites for hydroxylation is 1. The number of hydrogen-bond acceptors (Lipinski definition) is 3. The molecule has 24 heavy (non-hydrogen) atoms. The summed E-state index contributed by atoms with van der Waals surface area (Å²) in [7, 11) is 0. The molecule has 4 heteroatoms. The summed E-state index contributed by atoms with van der Waals surface area (Å²) in [5.74, 6) is 0.925. The Morgan fingerprint density at radius 1 is 1.42 bits per heavy atom. The number of rotatable bonds is 6. The van der Waals surface area contributed by atoms with Crippen LogP contribution in [0.15, 0.2) is 49.2 Å². The Balaban J connectivity index is 1.69. The Kier molecular flexibility index (Phi) is 4.94. The molecule has 0 spiro atoms. The minimum atomic E-state index is -0.0284. The number of ether oxygens (including phenoxy) is 1. The average Bonchev–Trinajstić information content (AvgIpc) is 3.02. The molecule has 0 unspecified atom stereocenters. The molecule has 124 valence electrons. The summed E-state index contributed by atoms with van der Waals surface area (Å²) in [5.41, 5.74) is 4.22. The third kappa shape index (κ3) is 3.65. The SMILES string of the molecule is C=CCCC(=O)NC[C@H]1Cc2cccc(-c3ccc(C)cn3)c2O1. The second kappa shape index (κ2) is 7.30. The van der Waals surface area contributed by atoms with Gasteiger partial charge in [0.15, 0.2) is 0 Å². The minimum absolute atomic E-state index is 0.0284. The maximum Gasteiger partial charge on any atom is 0.220 e. The fourth-order valence-electron chi connectivity index (χ4n) is 2.83. The summed E-state index contributed by atoms with van der Waals surface area (Å²) in [5, 5.41) is 2.93. The van der Waals surface area contributed by atoms with Gasteiger partial charge >= 0.3 is 0 Å². The predicted octanol–water partition coefficient (Wildman–Crippen LogP) is 3.44. The lowest BCUT2D eigenvalue weighted by Crippen LogP contribution is -2.34. The van der Waals surface area contributed by atoms with Gasteiger partial charge in [-0.15, -0.1) is 6.58 Å².